The molecular formula is C28H20N6O8S4. The first-order valence-electron chi connectivity index (χ1n) is 12.9. The van der Waals surface area contributed by atoms with Crippen molar-refractivity contribution in [2.45, 2.75) is 24.6 Å². The number of hydrogen-bond donors (Lipinski definition) is 3. The van der Waals surface area contributed by atoms with E-state index in [9.17, 15) is 49.8 Å². The average molecular weight is 697 g/mol. The monoisotopic (exact) mass is 696 g/mol. The Hall–Kier alpha value is -4.98. The van der Waals surface area contributed by atoms with Crippen molar-refractivity contribution in [3.8, 4) is 12.1 Å². The Balaban J connectivity index is 1.86. The van der Waals surface area contributed by atoms with Gasteiger partial charge in [-0.15, -0.1) is 34.0 Å². The van der Waals surface area contributed by atoms with E-state index in [1.807, 2.05) is 24.1 Å². The Bertz CT molecular complexity index is 2580. The first kappa shape index (κ1) is 32.4. The number of nitriles is 2. The molecule has 4 heterocycles. The van der Waals surface area contributed by atoms with Crippen molar-refractivity contribution in [3.63, 3.8) is 0 Å². The lowest BCUT2D eigenvalue weighted by Gasteiger charge is -2.13. The van der Waals surface area contributed by atoms with Crippen LogP contribution in [0, 0.1) is 41.1 Å². The number of aromatic nitrogens is 3. The van der Waals surface area contributed by atoms with Gasteiger partial charge in [-0.25, -0.2) is 0 Å². The third-order valence-corrected chi connectivity index (χ3v) is 11.7. The van der Waals surface area contributed by atoms with Crippen LogP contribution >= 0.6 is 45.8 Å². The fraction of sp³-hybridized carbons (Fsp3) is 0.179. The minimum atomic E-state index is -1.40. The number of thiazole rings is 3. The highest BCUT2D eigenvalue weighted by atomic mass is 32.2. The Labute approximate surface area is 272 Å². The number of carbonyl (C=O) groups is 2. The van der Waals surface area contributed by atoms with E-state index in [0.717, 1.165) is 57.6 Å². The van der Waals surface area contributed by atoms with Gasteiger partial charge >= 0.3 is 11.9 Å². The lowest BCUT2D eigenvalue weighted by molar-refractivity contribution is -0.138. The topological polar surface area (TPSA) is 212 Å². The molecule has 0 fully saturated rings. The van der Waals surface area contributed by atoms with Crippen molar-refractivity contribution >= 4 is 75.0 Å². The zero-order chi connectivity index (χ0) is 33.4. The molecule has 0 amide bonds. The minimum Gasteiger partial charge on any atom is -0.480 e. The van der Waals surface area contributed by atoms with E-state index < -0.39 is 41.7 Å². The van der Waals surface area contributed by atoms with E-state index in [4.69, 9.17) is 0 Å². The zero-order valence-corrected chi connectivity index (χ0v) is 27.0. The Morgan fingerprint density at radius 1 is 0.870 bits per heavy atom. The second kappa shape index (κ2) is 12.8. The third kappa shape index (κ3) is 5.75. The fourth-order valence-electron chi connectivity index (χ4n) is 4.50. The highest BCUT2D eigenvalue weighted by Gasteiger charge is 2.22. The molecule has 4 aromatic rings. The predicted octanol–water partition coefficient (Wildman–Crippen LogP) is 0.191. The van der Waals surface area contributed by atoms with Gasteiger partial charge in [-0.2, -0.15) is 10.5 Å². The molecule has 0 saturated carbocycles. The number of nitrogens with zero attached hydrogens (tertiary/aromatic N) is 6. The molecule has 0 radical (unpaired) electrons. The molecule has 46 heavy (non-hydrogen) atoms. The summed E-state index contributed by atoms with van der Waals surface area (Å²) in [6.07, 6.45) is 3.17. The van der Waals surface area contributed by atoms with Crippen molar-refractivity contribution in [3.05, 3.63) is 93.5 Å². The summed E-state index contributed by atoms with van der Waals surface area (Å²) in [4.78, 5) is 66.6. The van der Waals surface area contributed by atoms with Crippen LogP contribution < -0.4 is 30.8 Å². The average Bonchev–Trinajstić information content (AvgIpc) is 3.70. The Morgan fingerprint density at radius 2 is 1.48 bits per heavy atom. The number of carboxylic acid groups (broad SMARTS) is 2. The van der Waals surface area contributed by atoms with Crippen LogP contribution in [0.15, 0.2) is 48.6 Å². The number of aliphatic carboxylic acids is 2. The Morgan fingerprint density at radius 3 is 2.09 bits per heavy atom. The fourth-order valence-corrected chi connectivity index (χ4v) is 9.07. The lowest BCUT2D eigenvalue weighted by Crippen LogP contribution is -2.29. The molecule has 18 heteroatoms. The summed E-state index contributed by atoms with van der Waals surface area (Å²) in [6, 6.07) is 8.91. The van der Waals surface area contributed by atoms with Crippen LogP contribution in [0.4, 0.5) is 5.69 Å². The van der Waals surface area contributed by atoms with Crippen LogP contribution in [0.3, 0.4) is 0 Å². The molecule has 1 aliphatic rings. The maximum absolute atomic E-state index is 13.7. The number of hydrogen-bond acceptors (Lipinski definition) is 13. The largest absolute Gasteiger partial charge is 0.480 e. The number of aliphatic hydroxyl groups excluding tert-OH is 1. The third-order valence-electron chi connectivity index (χ3n) is 6.70. The van der Waals surface area contributed by atoms with Crippen LogP contribution in [-0.2, 0) is 36.3 Å². The molecular weight excluding hydrogens is 677 g/mol. The van der Waals surface area contributed by atoms with E-state index in [1.165, 1.54) is 24.9 Å². The van der Waals surface area contributed by atoms with Gasteiger partial charge < -0.3 is 24.8 Å². The smallest absolute Gasteiger partial charge is 0.323 e. The number of allylic oxidation sites excluding steroid dienone is 1. The van der Waals surface area contributed by atoms with Crippen molar-refractivity contribution in [1.82, 2.24) is 13.7 Å². The van der Waals surface area contributed by atoms with Gasteiger partial charge in [0.15, 0.2) is 5.57 Å². The number of benzene rings is 1. The molecule has 5 rings (SSSR count). The molecule has 1 aromatic carbocycles. The summed E-state index contributed by atoms with van der Waals surface area (Å²) in [5.74, 6) is -2.76. The molecule has 0 aliphatic carbocycles. The van der Waals surface area contributed by atoms with Crippen molar-refractivity contribution in [1.29, 1.82) is 10.5 Å². The molecule has 14 nitrogen and oxygen atoms in total. The van der Waals surface area contributed by atoms with Crippen LogP contribution in [-0.4, -0.2) is 48.0 Å². The predicted molar refractivity (Wildman–Crippen MR) is 170 cm³/mol. The lowest BCUT2D eigenvalue weighted by atomic mass is 10.2. The quantitative estimate of drug-likeness (QED) is 0.247. The number of rotatable bonds is 6. The first-order chi connectivity index (χ1) is 21.9. The summed E-state index contributed by atoms with van der Waals surface area (Å²) in [7, 11) is 3.14. The van der Waals surface area contributed by atoms with Gasteiger partial charge in [0.1, 0.15) is 48.3 Å². The summed E-state index contributed by atoms with van der Waals surface area (Å²) in [6.45, 7) is -1.77. The van der Waals surface area contributed by atoms with Gasteiger partial charge in [0.25, 0.3) is 16.7 Å². The molecule has 0 spiro atoms. The second-order valence-corrected chi connectivity index (χ2v) is 13.7. The molecule has 3 N–H and O–H groups in total. The number of aliphatic hydroxyl groups is 1. The molecule has 0 saturated heterocycles. The van der Waals surface area contributed by atoms with Gasteiger partial charge in [-0.1, -0.05) is 17.8 Å². The van der Waals surface area contributed by atoms with Crippen LogP contribution in [0.2, 0.25) is 0 Å². The molecule has 0 unspecified atom stereocenters. The van der Waals surface area contributed by atoms with Crippen molar-refractivity contribution < 1.29 is 24.9 Å². The van der Waals surface area contributed by atoms with E-state index in [0.29, 0.717) is 11.3 Å². The van der Waals surface area contributed by atoms with Crippen LogP contribution in [0.1, 0.15) is 5.56 Å². The molecule has 0 bridgehead atoms. The van der Waals surface area contributed by atoms with Gasteiger partial charge in [0.05, 0.1) is 21.9 Å². The van der Waals surface area contributed by atoms with Gasteiger partial charge in [-0.3, -0.25) is 33.1 Å². The van der Waals surface area contributed by atoms with Gasteiger partial charge in [0, 0.05) is 19.0 Å². The van der Waals surface area contributed by atoms with Crippen molar-refractivity contribution in [2.75, 3.05) is 11.9 Å². The normalized spacial score (nSPS) is 15.1. The highest BCUT2D eigenvalue weighted by Crippen LogP contribution is 2.45. The SMILES string of the molecule is CN1C(=CC=c2s/c(=c3/s/c(=c4/sc(=C(C#N)C#N)n(C)c4=O)n(CC(=O)O)c3=O)n(CC(=O)O)c2=O)Sc2ccc(CO)cc21. The van der Waals surface area contributed by atoms with E-state index in [1.54, 1.807) is 24.3 Å². The highest BCUT2D eigenvalue weighted by molar-refractivity contribution is 8.03. The van der Waals surface area contributed by atoms with Gasteiger partial charge in [0.2, 0.25) is 0 Å². The molecule has 234 valence electrons. The van der Waals surface area contributed by atoms with Crippen LogP contribution in [0.5, 0.6) is 0 Å². The van der Waals surface area contributed by atoms with Crippen LogP contribution in [0.25, 0.3) is 11.6 Å². The second-order valence-electron chi connectivity index (χ2n) is 9.57. The van der Waals surface area contributed by atoms with E-state index in [-0.39, 0.29) is 39.8 Å². The number of thioether (sulfide) groups is 1. The maximum Gasteiger partial charge on any atom is 0.323 e. The van der Waals surface area contributed by atoms with E-state index in [2.05, 4.69) is 0 Å². The summed E-state index contributed by atoms with van der Waals surface area (Å²) >= 11 is 3.69. The van der Waals surface area contributed by atoms with E-state index >= 15 is 0 Å². The summed E-state index contributed by atoms with van der Waals surface area (Å²) in [5, 5.41) is 48.0. The van der Waals surface area contributed by atoms with Crippen molar-refractivity contribution in [2.24, 2.45) is 7.05 Å². The number of carboxylic acids is 2. The molecule has 0 atom stereocenters. The minimum absolute atomic E-state index is 0.00240. The Kier molecular flexibility index (Phi) is 9.01. The number of fused-ring (bicyclic) bond motifs is 1. The number of anilines is 1. The van der Waals surface area contributed by atoms with Gasteiger partial charge in [-0.05, 0) is 29.8 Å². The first-order valence-corrected chi connectivity index (χ1v) is 16.2. The standard InChI is InChI=1S/C28H20N6O8S4/c1-31-15-7-13(12-35)3-4-16(15)43-18(31)6-5-17-23(40)33(10-19(36)37)27(44-17)22-25(42)34(11-20(38)39)28(46-22)21-24(41)32(2)26(45-21)14(8-29)9-30/h3-7,35H,10-12H2,1-2H3,(H,36,37)(H,38,39)/b17-5?,18-6?,27-22+,28-21+. The zero-order valence-electron chi connectivity index (χ0n) is 23.7. The molecule has 3 aromatic heterocycles. The molecule has 1 aliphatic heterocycles. The summed E-state index contributed by atoms with van der Waals surface area (Å²) in [5.41, 5.74) is -1.02. The maximum atomic E-state index is 13.7. The summed E-state index contributed by atoms with van der Waals surface area (Å²) < 4.78 is 2.48.